The molecule has 0 aliphatic carbocycles. The van der Waals surface area contributed by atoms with Crippen molar-refractivity contribution < 1.29 is 18.0 Å². The quantitative estimate of drug-likeness (QED) is 0.860. The van der Waals surface area contributed by atoms with Crippen LogP contribution in [-0.2, 0) is 4.79 Å². The third-order valence-electron chi connectivity index (χ3n) is 3.26. The zero-order chi connectivity index (χ0) is 13.9. The molecule has 7 heteroatoms. The first-order valence-corrected chi connectivity index (χ1v) is 5.98. The van der Waals surface area contributed by atoms with Gasteiger partial charge in [0.05, 0.1) is 17.8 Å². The Morgan fingerprint density at radius 3 is 2.47 bits per heavy atom. The van der Waals surface area contributed by atoms with Crippen LogP contribution in [0.4, 0.5) is 24.7 Å². The number of carbonyl (C=O) groups is 1. The topological polar surface area (TPSA) is 45.2 Å². The third-order valence-corrected chi connectivity index (χ3v) is 3.26. The number of hydrogen-bond donors (Lipinski definition) is 1. The van der Waals surface area contributed by atoms with Gasteiger partial charge in [-0.25, -0.2) is 4.98 Å². The first-order valence-electron chi connectivity index (χ1n) is 5.98. The summed E-state index contributed by atoms with van der Waals surface area (Å²) in [4.78, 5) is 16.2. The number of alkyl halides is 3. The van der Waals surface area contributed by atoms with Crippen LogP contribution in [0.1, 0.15) is 12.8 Å². The van der Waals surface area contributed by atoms with Gasteiger partial charge >= 0.3 is 6.18 Å². The van der Waals surface area contributed by atoms with Crippen molar-refractivity contribution in [2.24, 2.45) is 5.92 Å². The van der Waals surface area contributed by atoms with Gasteiger partial charge in [-0.1, -0.05) is 0 Å². The lowest BCUT2D eigenvalue weighted by molar-refractivity contribution is -0.179. The van der Waals surface area contributed by atoms with Gasteiger partial charge in [0.25, 0.3) is 0 Å². The summed E-state index contributed by atoms with van der Waals surface area (Å²) in [5.74, 6) is -0.572. The molecule has 1 saturated heterocycles. The highest BCUT2D eigenvalue weighted by Gasteiger charge is 2.41. The van der Waals surface area contributed by atoms with Crippen molar-refractivity contribution in [1.82, 2.24) is 4.98 Å². The minimum absolute atomic E-state index is 0.0967. The van der Waals surface area contributed by atoms with E-state index in [1.54, 1.807) is 12.1 Å². The highest BCUT2D eigenvalue weighted by molar-refractivity contribution is 5.71. The van der Waals surface area contributed by atoms with Crippen molar-refractivity contribution in [2.75, 3.05) is 23.3 Å². The molecule has 0 spiro atoms. The first kappa shape index (κ1) is 13.6. The smallest absolute Gasteiger partial charge is 0.357 e. The molecule has 0 atom stereocenters. The van der Waals surface area contributed by atoms with Gasteiger partial charge in [0.2, 0.25) is 6.41 Å². The monoisotopic (exact) mass is 273 g/mol. The van der Waals surface area contributed by atoms with Gasteiger partial charge in [0.1, 0.15) is 5.82 Å². The van der Waals surface area contributed by atoms with Crippen LogP contribution in [0.15, 0.2) is 18.3 Å². The second-order valence-electron chi connectivity index (χ2n) is 4.47. The van der Waals surface area contributed by atoms with Crippen LogP contribution in [0.25, 0.3) is 0 Å². The normalized spacial score (nSPS) is 17.3. The summed E-state index contributed by atoms with van der Waals surface area (Å²) < 4.78 is 37.6. The number of rotatable bonds is 3. The Morgan fingerprint density at radius 2 is 2.00 bits per heavy atom. The largest absolute Gasteiger partial charge is 0.391 e. The summed E-state index contributed by atoms with van der Waals surface area (Å²) >= 11 is 0. The van der Waals surface area contributed by atoms with Gasteiger partial charge in [-0.15, -0.1) is 0 Å². The summed E-state index contributed by atoms with van der Waals surface area (Å²) in [6.45, 7) is 0.690. The molecule has 0 aromatic carbocycles. The Bertz CT molecular complexity index is 425. The summed E-state index contributed by atoms with van der Waals surface area (Å²) in [6.07, 6.45) is -1.87. The second-order valence-corrected chi connectivity index (χ2v) is 4.47. The van der Waals surface area contributed by atoms with E-state index in [1.807, 2.05) is 4.90 Å². The fourth-order valence-corrected chi connectivity index (χ4v) is 2.16. The number of piperidine rings is 1. The molecule has 1 aliphatic rings. The molecule has 1 aromatic heterocycles. The Kier molecular flexibility index (Phi) is 3.92. The number of amides is 1. The number of nitrogens with zero attached hydrogens (tertiary/aromatic N) is 2. The number of hydrogen-bond acceptors (Lipinski definition) is 3. The molecular weight excluding hydrogens is 259 g/mol. The van der Waals surface area contributed by atoms with Crippen molar-refractivity contribution in [3.8, 4) is 0 Å². The highest BCUT2D eigenvalue weighted by atomic mass is 19.4. The number of carbonyl (C=O) groups excluding carboxylic acids is 1. The van der Waals surface area contributed by atoms with Gasteiger partial charge in [-0.3, -0.25) is 4.79 Å². The molecule has 0 bridgehead atoms. The molecule has 1 aromatic rings. The van der Waals surface area contributed by atoms with Gasteiger partial charge in [-0.05, 0) is 25.0 Å². The van der Waals surface area contributed by atoms with Crippen LogP contribution in [-0.4, -0.2) is 30.7 Å². The van der Waals surface area contributed by atoms with E-state index in [4.69, 9.17) is 0 Å². The average Bonchev–Trinajstić information content (AvgIpc) is 2.39. The van der Waals surface area contributed by atoms with Crippen molar-refractivity contribution in [3.05, 3.63) is 18.3 Å². The molecule has 19 heavy (non-hydrogen) atoms. The molecule has 1 N–H and O–H groups in total. The van der Waals surface area contributed by atoms with E-state index in [9.17, 15) is 18.0 Å². The van der Waals surface area contributed by atoms with Crippen molar-refractivity contribution in [1.29, 1.82) is 0 Å². The molecule has 104 valence electrons. The van der Waals surface area contributed by atoms with E-state index in [2.05, 4.69) is 10.3 Å². The molecule has 0 radical (unpaired) electrons. The fourth-order valence-electron chi connectivity index (χ4n) is 2.16. The Balaban J connectivity index is 1.96. The van der Waals surface area contributed by atoms with Crippen molar-refractivity contribution >= 4 is 17.9 Å². The van der Waals surface area contributed by atoms with E-state index < -0.39 is 12.1 Å². The number of anilines is 2. The third kappa shape index (κ3) is 3.36. The zero-order valence-corrected chi connectivity index (χ0v) is 10.2. The lowest BCUT2D eigenvalue weighted by Crippen LogP contribution is -2.39. The molecule has 1 aliphatic heterocycles. The van der Waals surface area contributed by atoms with Gasteiger partial charge in [-0.2, -0.15) is 13.2 Å². The predicted octanol–water partition coefficient (Wildman–Crippen LogP) is 2.43. The summed E-state index contributed by atoms with van der Waals surface area (Å²) in [5, 5.41) is 2.45. The van der Waals surface area contributed by atoms with Gasteiger partial charge < -0.3 is 10.2 Å². The van der Waals surface area contributed by atoms with Crippen molar-refractivity contribution in [2.45, 2.75) is 19.0 Å². The lowest BCUT2D eigenvalue weighted by Gasteiger charge is -2.33. The molecule has 1 amide bonds. The van der Waals surface area contributed by atoms with Crippen molar-refractivity contribution in [3.63, 3.8) is 0 Å². The maximum Gasteiger partial charge on any atom is 0.391 e. The number of nitrogens with one attached hydrogen (secondary N) is 1. The van der Waals surface area contributed by atoms with E-state index >= 15 is 0 Å². The summed E-state index contributed by atoms with van der Waals surface area (Å²) in [5.41, 5.74) is 0.559. The average molecular weight is 273 g/mol. The van der Waals surface area contributed by atoms with Crippen LogP contribution in [0.3, 0.4) is 0 Å². The lowest BCUT2D eigenvalue weighted by atomic mass is 9.96. The van der Waals surface area contributed by atoms with Crippen LogP contribution >= 0.6 is 0 Å². The first-order chi connectivity index (χ1) is 9.00. The van der Waals surface area contributed by atoms with Gasteiger partial charge in [0, 0.05) is 13.1 Å². The standard InChI is InChI=1S/C12H14F3N3O/c13-12(14,15)9-3-5-18(6-4-9)11-2-1-10(7-16-11)17-8-19/h1-2,7-9H,3-6H2,(H,17,19). The highest BCUT2D eigenvalue weighted by Crippen LogP contribution is 2.35. The Hall–Kier alpha value is -1.79. The molecule has 2 rings (SSSR count). The van der Waals surface area contributed by atoms with Gasteiger partial charge in [0.15, 0.2) is 0 Å². The SMILES string of the molecule is O=CNc1ccc(N2CCC(C(F)(F)F)CC2)nc1. The van der Waals surface area contributed by atoms with Crippen LogP contribution < -0.4 is 10.2 Å². The molecule has 4 nitrogen and oxygen atoms in total. The number of aromatic nitrogens is 1. The second kappa shape index (κ2) is 5.46. The molecule has 0 saturated carbocycles. The molecule has 0 unspecified atom stereocenters. The van der Waals surface area contributed by atoms with Crippen LogP contribution in [0.2, 0.25) is 0 Å². The maximum absolute atomic E-state index is 12.5. The fraction of sp³-hybridized carbons (Fsp3) is 0.500. The summed E-state index contributed by atoms with van der Waals surface area (Å²) in [7, 11) is 0. The summed E-state index contributed by atoms with van der Waals surface area (Å²) in [6, 6.07) is 3.37. The Morgan fingerprint density at radius 1 is 1.32 bits per heavy atom. The maximum atomic E-state index is 12.5. The molecule has 2 heterocycles. The van der Waals surface area contributed by atoms with E-state index in [-0.39, 0.29) is 12.8 Å². The number of pyridine rings is 1. The van der Waals surface area contributed by atoms with E-state index in [0.29, 0.717) is 31.0 Å². The number of halogens is 3. The Labute approximate surface area is 108 Å². The molecular formula is C12H14F3N3O. The zero-order valence-electron chi connectivity index (χ0n) is 10.2. The van der Waals surface area contributed by atoms with Crippen LogP contribution in [0.5, 0.6) is 0 Å². The van der Waals surface area contributed by atoms with E-state index in [0.717, 1.165) is 0 Å². The molecule has 1 fully saturated rings. The minimum atomic E-state index is -4.10. The predicted molar refractivity (Wildman–Crippen MR) is 64.9 cm³/mol. The van der Waals surface area contributed by atoms with Crippen LogP contribution in [0, 0.1) is 5.92 Å². The minimum Gasteiger partial charge on any atom is -0.357 e. The van der Waals surface area contributed by atoms with E-state index in [1.165, 1.54) is 6.20 Å².